The molecule has 0 fully saturated rings. The summed E-state index contributed by atoms with van der Waals surface area (Å²) in [6, 6.07) is 13.0. The monoisotopic (exact) mass is 480 g/mol. The number of hydrogen-bond donors (Lipinski definition) is 2. The molecule has 0 unspecified atom stereocenters. The number of allylic oxidation sites excluding steroid dienone is 1. The summed E-state index contributed by atoms with van der Waals surface area (Å²) in [5.41, 5.74) is 2.73. The lowest BCUT2D eigenvalue weighted by Crippen LogP contribution is -2.43. The molecular formula is C27H23F3N2O3. The van der Waals surface area contributed by atoms with Crippen molar-refractivity contribution in [1.29, 1.82) is 0 Å². The van der Waals surface area contributed by atoms with E-state index in [0.29, 0.717) is 34.8 Å². The predicted octanol–water partition coefficient (Wildman–Crippen LogP) is 5.51. The van der Waals surface area contributed by atoms with Crippen LogP contribution in [0.4, 0.5) is 18.9 Å². The van der Waals surface area contributed by atoms with Gasteiger partial charge in [-0.05, 0) is 74.4 Å². The number of ketones is 1. The number of amides is 1. The first kappa shape index (κ1) is 24.1. The third-order valence-corrected chi connectivity index (χ3v) is 5.66. The lowest BCUT2D eigenvalue weighted by molar-refractivity contribution is 0.102. The van der Waals surface area contributed by atoms with Gasteiger partial charge in [0, 0.05) is 39.7 Å². The molecule has 35 heavy (non-hydrogen) atoms. The quantitative estimate of drug-likeness (QED) is 0.287. The van der Waals surface area contributed by atoms with Crippen LogP contribution in [0.25, 0.3) is 5.70 Å². The summed E-state index contributed by atoms with van der Waals surface area (Å²) in [4.78, 5) is 25.3. The molecule has 0 bridgehead atoms. The number of carbonyl (C=O) groups excluding carboxylic acids is 2. The maximum absolute atomic E-state index is 13.4. The van der Waals surface area contributed by atoms with Crippen LogP contribution in [0.5, 0.6) is 5.75 Å². The summed E-state index contributed by atoms with van der Waals surface area (Å²) < 4.78 is 45.3. The van der Waals surface area contributed by atoms with E-state index in [2.05, 4.69) is 24.5 Å². The Kier molecular flexibility index (Phi) is 6.39. The number of anilines is 1. The van der Waals surface area contributed by atoms with E-state index in [1.807, 2.05) is 18.2 Å². The van der Waals surface area contributed by atoms with Crippen molar-refractivity contribution in [2.45, 2.75) is 25.8 Å². The predicted molar refractivity (Wildman–Crippen MR) is 127 cm³/mol. The highest BCUT2D eigenvalue weighted by Gasteiger charge is 2.28. The molecule has 0 saturated heterocycles. The van der Waals surface area contributed by atoms with Gasteiger partial charge in [-0.15, -0.1) is 0 Å². The minimum absolute atomic E-state index is 0.249. The van der Waals surface area contributed by atoms with E-state index in [0.717, 1.165) is 17.5 Å². The van der Waals surface area contributed by atoms with Gasteiger partial charge in [-0.2, -0.15) is 0 Å². The average molecular weight is 480 g/mol. The van der Waals surface area contributed by atoms with Crippen LogP contribution < -0.4 is 15.4 Å². The molecule has 0 aliphatic carbocycles. The van der Waals surface area contributed by atoms with Crippen LogP contribution in [0, 0.1) is 17.5 Å². The summed E-state index contributed by atoms with van der Waals surface area (Å²) in [6.07, 6.45) is 2.31. The Balaban J connectivity index is 1.54. The summed E-state index contributed by atoms with van der Waals surface area (Å²) in [5, 5.41) is 5.88. The zero-order valence-electron chi connectivity index (χ0n) is 19.3. The summed E-state index contributed by atoms with van der Waals surface area (Å²) in [6.45, 7) is 4.10. The van der Waals surface area contributed by atoms with Gasteiger partial charge in [-0.3, -0.25) is 9.59 Å². The highest BCUT2D eigenvalue weighted by atomic mass is 19.2. The van der Waals surface area contributed by atoms with E-state index in [1.54, 1.807) is 7.11 Å². The van der Waals surface area contributed by atoms with Gasteiger partial charge in [0.2, 0.25) is 0 Å². The molecule has 5 nitrogen and oxygen atoms in total. The minimum atomic E-state index is -1.64. The van der Waals surface area contributed by atoms with Crippen molar-refractivity contribution >= 4 is 23.1 Å². The van der Waals surface area contributed by atoms with Crippen molar-refractivity contribution in [3.05, 3.63) is 100 Å². The van der Waals surface area contributed by atoms with E-state index in [-0.39, 0.29) is 16.9 Å². The van der Waals surface area contributed by atoms with Crippen molar-refractivity contribution in [1.82, 2.24) is 5.32 Å². The molecule has 0 aromatic heterocycles. The third kappa shape index (κ3) is 5.21. The fourth-order valence-corrected chi connectivity index (χ4v) is 3.98. The number of ether oxygens (including phenoxy) is 1. The maximum Gasteiger partial charge on any atom is 0.255 e. The molecule has 3 aromatic carbocycles. The third-order valence-electron chi connectivity index (χ3n) is 5.66. The number of benzene rings is 3. The van der Waals surface area contributed by atoms with Gasteiger partial charge in [0.25, 0.3) is 5.91 Å². The van der Waals surface area contributed by atoms with E-state index in [4.69, 9.17) is 4.74 Å². The fourth-order valence-electron chi connectivity index (χ4n) is 3.98. The minimum Gasteiger partial charge on any atom is -0.497 e. The number of nitrogens with one attached hydrogen (secondary N) is 2. The van der Waals surface area contributed by atoms with Crippen LogP contribution in [-0.4, -0.2) is 24.3 Å². The zero-order valence-corrected chi connectivity index (χ0v) is 19.3. The van der Waals surface area contributed by atoms with Crippen LogP contribution in [0.15, 0.2) is 60.7 Å². The number of fused-ring (bicyclic) bond motifs is 1. The first-order chi connectivity index (χ1) is 16.6. The van der Waals surface area contributed by atoms with Gasteiger partial charge >= 0.3 is 0 Å². The second-order valence-electron chi connectivity index (χ2n) is 8.92. The Labute approximate surface area is 200 Å². The number of halogens is 3. The largest absolute Gasteiger partial charge is 0.497 e. The lowest BCUT2D eigenvalue weighted by Gasteiger charge is -2.35. The Morgan fingerprint density at radius 1 is 0.971 bits per heavy atom. The molecule has 0 radical (unpaired) electrons. The number of carbonyl (C=O) groups is 2. The molecule has 0 spiro atoms. The van der Waals surface area contributed by atoms with Crippen LogP contribution in [0.2, 0.25) is 0 Å². The van der Waals surface area contributed by atoms with Crippen molar-refractivity contribution in [3.63, 3.8) is 0 Å². The highest BCUT2D eigenvalue weighted by molar-refractivity contribution is 6.09. The van der Waals surface area contributed by atoms with Gasteiger partial charge in [-0.1, -0.05) is 6.07 Å². The van der Waals surface area contributed by atoms with Crippen molar-refractivity contribution in [2.75, 3.05) is 12.4 Å². The number of hydrogen-bond acceptors (Lipinski definition) is 4. The van der Waals surface area contributed by atoms with Crippen LogP contribution >= 0.6 is 0 Å². The van der Waals surface area contributed by atoms with Crippen molar-refractivity contribution in [2.24, 2.45) is 0 Å². The van der Waals surface area contributed by atoms with Crippen molar-refractivity contribution in [3.8, 4) is 5.75 Å². The Morgan fingerprint density at radius 2 is 1.63 bits per heavy atom. The molecule has 1 amide bonds. The molecule has 0 atom stereocenters. The average Bonchev–Trinajstić information content (AvgIpc) is 2.81. The van der Waals surface area contributed by atoms with Gasteiger partial charge in [-0.25, -0.2) is 13.2 Å². The molecule has 1 heterocycles. The molecule has 8 heteroatoms. The fraction of sp³-hybridized carbons (Fsp3) is 0.185. The Morgan fingerprint density at radius 3 is 2.26 bits per heavy atom. The normalized spacial score (nSPS) is 15.2. The second kappa shape index (κ2) is 9.29. The van der Waals surface area contributed by atoms with Gasteiger partial charge in [0.15, 0.2) is 23.2 Å². The SMILES string of the molecule is COc1ccc2c(c1)/C(=C/C(=O)c1ccc(NC(=O)c3cc(F)c(F)c(F)c3)cc1)NC(C)(C)C2. The van der Waals surface area contributed by atoms with Crippen molar-refractivity contribution < 1.29 is 27.5 Å². The Bertz CT molecular complexity index is 1330. The molecule has 1 aliphatic rings. The standard InChI is InChI=1S/C27H23F3N2O3/c1-27(2)14-16-6-9-19(35-3)12-20(16)23(32-27)13-24(33)15-4-7-18(8-5-15)31-26(34)17-10-21(28)25(30)22(29)11-17/h4-13,32H,14H2,1-3H3,(H,31,34)/b23-13-. The summed E-state index contributed by atoms with van der Waals surface area (Å²) in [7, 11) is 1.58. The maximum atomic E-state index is 13.4. The molecule has 0 saturated carbocycles. The molecule has 3 aromatic rings. The van der Waals surface area contributed by atoms with Gasteiger partial charge in [0.05, 0.1) is 7.11 Å². The van der Waals surface area contributed by atoms with E-state index >= 15 is 0 Å². The van der Waals surface area contributed by atoms with Gasteiger partial charge < -0.3 is 15.4 Å². The van der Waals surface area contributed by atoms with Crippen LogP contribution in [0.3, 0.4) is 0 Å². The number of rotatable bonds is 5. The van der Waals surface area contributed by atoms with E-state index in [9.17, 15) is 22.8 Å². The number of methoxy groups -OCH3 is 1. The molecule has 2 N–H and O–H groups in total. The Hall–Kier alpha value is -4.07. The topological polar surface area (TPSA) is 67.4 Å². The highest BCUT2D eigenvalue weighted by Crippen LogP contribution is 2.32. The van der Waals surface area contributed by atoms with E-state index in [1.165, 1.54) is 30.3 Å². The van der Waals surface area contributed by atoms with Gasteiger partial charge in [0.1, 0.15) is 5.75 Å². The summed E-state index contributed by atoms with van der Waals surface area (Å²) >= 11 is 0. The molecule has 1 aliphatic heterocycles. The first-order valence-corrected chi connectivity index (χ1v) is 10.8. The van der Waals surface area contributed by atoms with Crippen LogP contribution in [0.1, 0.15) is 45.7 Å². The lowest BCUT2D eigenvalue weighted by atomic mass is 9.85. The first-order valence-electron chi connectivity index (χ1n) is 10.8. The zero-order chi connectivity index (χ0) is 25.3. The molecule has 180 valence electrons. The molecular weight excluding hydrogens is 457 g/mol. The molecule has 4 rings (SSSR count). The van der Waals surface area contributed by atoms with Crippen LogP contribution in [-0.2, 0) is 6.42 Å². The van der Waals surface area contributed by atoms with E-state index < -0.39 is 23.4 Å². The summed E-state index contributed by atoms with van der Waals surface area (Å²) in [5.74, 6) is -4.94. The second-order valence-corrected chi connectivity index (χ2v) is 8.92. The smallest absolute Gasteiger partial charge is 0.255 e.